The summed E-state index contributed by atoms with van der Waals surface area (Å²) in [6.07, 6.45) is 0.355. The van der Waals surface area contributed by atoms with E-state index in [4.69, 9.17) is 0 Å². The van der Waals surface area contributed by atoms with Crippen LogP contribution in [-0.2, 0) is 17.4 Å². The molecule has 0 N–H and O–H groups in total. The molecule has 1 aromatic heterocycles. The molecule has 138 valence electrons. The first-order valence-electron chi connectivity index (χ1n) is 8.53. The molecule has 3 aromatic rings. The number of benzene rings is 2. The SMILES string of the molecule is Cc1ccc(C(F)(F)F)c(/C=C/CC(=O)Cc2cnc3ccccc3c2)c1. The number of alkyl halides is 3. The van der Waals surface area contributed by atoms with Crippen molar-refractivity contribution in [1.29, 1.82) is 0 Å². The van der Waals surface area contributed by atoms with E-state index in [1.165, 1.54) is 24.3 Å². The Morgan fingerprint density at radius 2 is 1.89 bits per heavy atom. The Labute approximate surface area is 155 Å². The van der Waals surface area contributed by atoms with E-state index in [1.54, 1.807) is 13.1 Å². The highest BCUT2D eigenvalue weighted by Crippen LogP contribution is 2.33. The molecule has 0 aliphatic heterocycles. The van der Waals surface area contributed by atoms with Crippen molar-refractivity contribution < 1.29 is 18.0 Å². The van der Waals surface area contributed by atoms with Crippen LogP contribution in [0.2, 0.25) is 0 Å². The van der Waals surface area contributed by atoms with Crippen molar-refractivity contribution in [3.05, 3.63) is 83.1 Å². The van der Waals surface area contributed by atoms with Crippen LogP contribution in [0.3, 0.4) is 0 Å². The Balaban J connectivity index is 1.69. The normalized spacial score (nSPS) is 12.0. The number of aromatic nitrogens is 1. The number of ketones is 1. The van der Waals surface area contributed by atoms with Gasteiger partial charge < -0.3 is 0 Å². The molecule has 0 spiro atoms. The lowest BCUT2D eigenvalue weighted by Crippen LogP contribution is -2.07. The maximum atomic E-state index is 13.1. The third-order valence-corrected chi connectivity index (χ3v) is 4.20. The summed E-state index contributed by atoms with van der Waals surface area (Å²) < 4.78 is 39.2. The van der Waals surface area contributed by atoms with E-state index in [0.29, 0.717) is 0 Å². The molecule has 0 bridgehead atoms. The first-order valence-corrected chi connectivity index (χ1v) is 8.53. The van der Waals surface area contributed by atoms with Gasteiger partial charge in [0.05, 0.1) is 11.1 Å². The first-order chi connectivity index (χ1) is 12.8. The summed E-state index contributed by atoms with van der Waals surface area (Å²) >= 11 is 0. The second-order valence-electron chi connectivity index (χ2n) is 6.45. The fraction of sp³-hybridized carbons (Fsp3) is 0.182. The van der Waals surface area contributed by atoms with Gasteiger partial charge in [0.25, 0.3) is 0 Å². The number of fused-ring (bicyclic) bond motifs is 1. The zero-order chi connectivity index (χ0) is 19.4. The van der Waals surface area contributed by atoms with Crippen LogP contribution < -0.4 is 0 Å². The van der Waals surface area contributed by atoms with Crippen LogP contribution in [0.5, 0.6) is 0 Å². The van der Waals surface area contributed by atoms with Crippen LogP contribution >= 0.6 is 0 Å². The van der Waals surface area contributed by atoms with E-state index in [-0.39, 0.29) is 24.2 Å². The molecule has 27 heavy (non-hydrogen) atoms. The number of aryl methyl sites for hydroxylation is 1. The summed E-state index contributed by atoms with van der Waals surface area (Å²) in [5.41, 5.74) is 1.75. The summed E-state index contributed by atoms with van der Waals surface area (Å²) in [5.74, 6) is -0.0791. The van der Waals surface area contributed by atoms with Crippen LogP contribution in [0.15, 0.2) is 60.8 Å². The first kappa shape index (κ1) is 18.8. The Bertz CT molecular complexity index is 1010. The van der Waals surface area contributed by atoms with E-state index < -0.39 is 11.7 Å². The lowest BCUT2D eigenvalue weighted by atomic mass is 10.0. The van der Waals surface area contributed by atoms with E-state index in [0.717, 1.165) is 28.1 Å². The Hall–Kier alpha value is -2.95. The summed E-state index contributed by atoms with van der Waals surface area (Å²) in [7, 11) is 0. The van der Waals surface area contributed by atoms with Gasteiger partial charge >= 0.3 is 6.18 Å². The Morgan fingerprint density at radius 3 is 2.67 bits per heavy atom. The van der Waals surface area contributed by atoms with Gasteiger partial charge in [-0.15, -0.1) is 0 Å². The van der Waals surface area contributed by atoms with Gasteiger partial charge in [0.15, 0.2) is 0 Å². The van der Waals surface area contributed by atoms with Crippen molar-refractivity contribution in [2.24, 2.45) is 0 Å². The zero-order valence-corrected chi connectivity index (χ0v) is 14.8. The average molecular weight is 369 g/mol. The van der Waals surface area contributed by atoms with Crippen molar-refractivity contribution in [3.63, 3.8) is 0 Å². The van der Waals surface area contributed by atoms with E-state index in [9.17, 15) is 18.0 Å². The van der Waals surface area contributed by atoms with Crippen molar-refractivity contribution in [3.8, 4) is 0 Å². The Kier molecular flexibility index (Phi) is 5.40. The van der Waals surface area contributed by atoms with Gasteiger partial charge in [0, 0.05) is 24.4 Å². The average Bonchev–Trinajstić information content (AvgIpc) is 2.60. The minimum atomic E-state index is -4.42. The molecule has 0 saturated heterocycles. The molecule has 1 heterocycles. The summed E-state index contributed by atoms with van der Waals surface area (Å²) in [6, 6.07) is 13.5. The minimum absolute atomic E-state index is 0.0675. The monoisotopic (exact) mass is 369 g/mol. The van der Waals surface area contributed by atoms with Crippen LogP contribution in [0.1, 0.15) is 28.7 Å². The molecule has 0 aliphatic rings. The van der Waals surface area contributed by atoms with Gasteiger partial charge in [-0.2, -0.15) is 13.2 Å². The van der Waals surface area contributed by atoms with Crippen LogP contribution in [0.25, 0.3) is 17.0 Å². The quantitative estimate of drug-likeness (QED) is 0.571. The van der Waals surface area contributed by atoms with E-state index >= 15 is 0 Å². The molecule has 0 aliphatic carbocycles. The van der Waals surface area contributed by atoms with Crippen molar-refractivity contribution >= 4 is 22.8 Å². The van der Waals surface area contributed by atoms with Gasteiger partial charge in [-0.05, 0) is 36.2 Å². The minimum Gasteiger partial charge on any atom is -0.299 e. The summed E-state index contributed by atoms with van der Waals surface area (Å²) in [5, 5.41) is 0.952. The molecule has 3 rings (SSSR count). The van der Waals surface area contributed by atoms with Crippen molar-refractivity contribution in [2.75, 3.05) is 0 Å². The summed E-state index contributed by atoms with van der Waals surface area (Å²) in [4.78, 5) is 16.5. The van der Waals surface area contributed by atoms with E-state index in [2.05, 4.69) is 4.98 Å². The number of carbonyl (C=O) groups excluding carboxylic acids is 1. The standard InChI is InChI=1S/C22H18F3NO/c1-15-9-10-20(22(23,24)25)17(11-15)6-4-7-19(27)13-16-12-18-5-2-3-8-21(18)26-14-16/h2-6,8-12,14H,7,13H2,1H3/b6-4+. The van der Waals surface area contributed by atoms with Gasteiger partial charge in [-0.3, -0.25) is 9.78 Å². The molecule has 0 amide bonds. The molecular weight excluding hydrogens is 351 g/mol. The van der Waals surface area contributed by atoms with Gasteiger partial charge in [-0.1, -0.05) is 48.0 Å². The molecule has 0 atom stereocenters. The molecular formula is C22H18F3NO. The number of rotatable bonds is 5. The lowest BCUT2D eigenvalue weighted by Gasteiger charge is -2.11. The second-order valence-corrected chi connectivity index (χ2v) is 6.45. The molecule has 0 unspecified atom stereocenters. The highest BCUT2D eigenvalue weighted by atomic mass is 19.4. The Morgan fingerprint density at radius 1 is 1.11 bits per heavy atom. The second kappa shape index (κ2) is 7.74. The number of hydrogen-bond donors (Lipinski definition) is 0. The molecule has 0 saturated carbocycles. The zero-order valence-electron chi connectivity index (χ0n) is 14.8. The van der Waals surface area contributed by atoms with E-state index in [1.807, 2.05) is 30.3 Å². The lowest BCUT2D eigenvalue weighted by molar-refractivity contribution is -0.137. The molecule has 5 heteroatoms. The van der Waals surface area contributed by atoms with Crippen LogP contribution in [0, 0.1) is 6.92 Å². The number of carbonyl (C=O) groups is 1. The fourth-order valence-corrected chi connectivity index (χ4v) is 2.91. The number of nitrogens with zero attached hydrogens (tertiary/aromatic N) is 1. The summed E-state index contributed by atoms with van der Waals surface area (Å²) in [6.45, 7) is 1.73. The largest absolute Gasteiger partial charge is 0.416 e. The van der Waals surface area contributed by atoms with Gasteiger partial charge in [-0.25, -0.2) is 0 Å². The predicted octanol–water partition coefficient (Wildman–Crippen LogP) is 5.78. The van der Waals surface area contributed by atoms with Crippen LogP contribution in [0.4, 0.5) is 13.2 Å². The van der Waals surface area contributed by atoms with Crippen molar-refractivity contribution in [2.45, 2.75) is 25.9 Å². The maximum Gasteiger partial charge on any atom is 0.416 e. The van der Waals surface area contributed by atoms with Gasteiger partial charge in [0.2, 0.25) is 0 Å². The molecule has 0 fully saturated rings. The highest BCUT2D eigenvalue weighted by molar-refractivity contribution is 5.85. The number of halogens is 3. The highest BCUT2D eigenvalue weighted by Gasteiger charge is 2.32. The number of Topliss-reactive ketones (excluding diaryl/α,β-unsaturated/α-hetero) is 1. The molecule has 2 aromatic carbocycles. The fourth-order valence-electron chi connectivity index (χ4n) is 2.91. The smallest absolute Gasteiger partial charge is 0.299 e. The topological polar surface area (TPSA) is 30.0 Å². The number of allylic oxidation sites excluding steroid dienone is 1. The van der Waals surface area contributed by atoms with Crippen LogP contribution in [-0.4, -0.2) is 10.8 Å². The van der Waals surface area contributed by atoms with Crippen molar-refractivity contribution in [1.82, 2.24) is 4.98 Å². The predicted molar refractivity (Wildman–Crippen MR) is 100 cm³/mol. The number of pyridine rings is 1. The third-order valence-electron chi connectivity index (χ3n) is 4.20. The molecule has 2 nitrogen and oxygen atoms in total. The van der Waals surface area contributed by atoms with Gasteiger partial charge in [0.1, 0.15) is 5.78 Å². The third kappa shape index (κ3) is 4.82. The number of para-hydroxylation sites is 1. The maximum absolute atomic E-state index is 13.1. The number of hydrogen-bond acceptors (Lipinski definition) is 2. The molecule has 0 radical (unpaired) electrons.